The predicted octanol–water partition coefficient (Wildman–Crippen LogP) is 3.44. The van der Waals surface area contributed by atoms with Crippen molar-refractivity contribution in [2.75, 3.05) is 24.5 Å². The molecule has 1 amide bonds. The van der Waals surface area contributed by atoms with Crippen LogP contribution in [0, 0.1) is 24.6 Å². The van der Waals surface area contributed by atoms with E-state index < -0.39 is 0 Å². The van der Waals surface area contributed by atoms with Gasteiger partial charge in [0.25, 0.3) is 0 Å². The van der Waals surface area contributed by atoms with E-state index in [1.165, 1.54) is 6.07 Å². The summed E-state index contributed by atoms with van der Waals surface area (Å²) in [6.45, 7) is 4.28. The van der Waals surface area contributed by atoms with E-state index in [0.29, 0.717) is 12.5 Å². The van der Waals surface area contributed by atoms with E-state index in [2.05, 4.69) is 10.2 Å². The molecule has 1 heterocycles. The molecule has 1 saturated heterocycles. The summed E-state index contributed by atoms with van der Waals surface area (Å²) in [6.07, 6.45) is 5.17. The average molecular weight is 406 g/mol. The molecule has 1 saturated carbocycles. The van der Waals surface area contributed by atoms with Crippen LogP contribution < -0.4 is 16.0 Å². The summed E-state index contributed by atoms with van der Waals surface area (Å²) >= 11 is 0. The second-order valence-corrected chi connectivity index (χ2v) is 7.26. The summed E-state index contributed by atoms with van der Waals surface area (Å²) < 4.78 is 13.3. The number of halogens is 3. The molecule has 1 aliphatic carbocycles. The molecule has 1 unspecified atom stereocenters. The molecule has 4 nitrogen and oxygen atoms in total. The number of nitrogens with one attached hydrogen (secondary N) is 1. The van der Waals surface area contributed by atoms with Gasteiger partial charge in [0.2, 0.25) is 5.91 Å². The lowest BCUT2D eigenvalue weighted by Gasteiger charge is -2.36. The number of nitrogens with zero attached hydrogens (tertiary/aromatic N) is 1. The molecule has 1 aliphatic heterocycles. The van der Waals surface area contributed by atoms with Gasteiger partial charge in [-0.3, -0.25) is 4.79 Å². The lowest BCUT2D eigenvalue weighted by atomic mass is 9.94. The highest BCUT2D eigenvalue weighted by molar-refractivity contribution is 5.85. The van der Waals surface area contributed by atoms with Crippen molar-refractivity contribution < 1.29 is 9.18 Å². The highest BCUT2D eigenvalue weighted by Crippen LogP contribution is 2.31. The minimum absolute atomic E-state index is 0. The average Bonchev–Trinajstić information content (AvgIpc) is 3.04. The van der Waals surface area contributed by atoms with Crippen molar-refractivity contribution in [2.24, 2.45) is 17.6 Å². The summed E-state index contributed by atoms with van der Waals surface area (Å²) in [5, 5.41) is 3.25. The van der Waals surface area contributed by atoms with E-state index in [1.807, 2.05) is 13.0 Å². The lowest BCUT2D eigenvalue weighted by molar-refractivity contribution is -0.126. The number of carbonyl (C=O) groups excluding carboxylic acids is 1. The molecule has 1 aromatic carbocycles. The third-order valence-corrected chi connectivity index (χ3v) is 5.57. The Balaban J connectivity index is 0.00000169. The number of carbonyl (C=O) groups is 1. The Morgan fingerprint density at radius 2 is 2.04 bits per heavy atom. The van der Waals surface area contributed by atoms with E-state index in [9.17, 15) is 9.18 Å². The van der Waals surface area contributed by atoms with Crippen LogP contribution in [0.25, 0.3) is 0 Å². The zero-order valence-electron chi connectivity index (χ0n) is 15.2. The van der Waals surface area contributed by atoms with Crippen LogP contribution in [0.15, 0.2) is 18.2 Å². The Labute approximate surface area is 167 Å². The first-order valence-corrected chi connectivity index (χ1v) is 9.10. The van der Waals surface area contributed by atoms with Gasteiger partial charge in [-0.1, -0.05) is 6.42 Å². The van der Waals surface area contributed by atoms with Crippen molar-refractivity contribution in [3.63, 3.8) is 0 Å². The molecule has 1 aromatic rings. The maximum Gasteiger partial charge on any atom is 0.223 e. The van der Waals surface area contributed by atoms with Gasteiger partial charge in [-0.25, -0.2) is 4.39 Å². The first-order chi connectivity index (χ1) is 11.6. The second kappa shape index (κ2) is 10.3. The number of aryl methyl sites for hydroxylation is 1. The van der Waals surface area contributed by atoms with Crippen LogP contribution in [0.4, 0.5) is 10.1 Å². The van der Waals surface area contributed by atoms with Crippen molar-refractivity contribution >= 4 is 36.4 Å². The maximum atomic E-state index is 13.3. The van der Waals surface area contributed by atoms with Gasteiger partial charge in [-0.15, -0.1) is 24.8 Å². The molecule has 26 heavy (non-hydrogen) atoms. The zero-order valence-corrected chi connectivity index (χ0v) is 16.9. The molecule has 2 fully saturated rings. The van der Waals surface area contributed by atoms with Crippen molar-refractivity contribution in [1.82, 2.24) is 5.32 Å². The van der Waals surface area contributed by atoms with E-state index in [-0.39, 0.29) is 48.5 Å². The summed E-state index contributed by atoms with van der Waals surface area (Å²) in [5.74, 6) is 0.389. The number of amides is 1. The SMILES string of the molecule is Cc1cc(F)ccc1N1CCCC(NC(=O)[C@@H]2CCC[C@@H]2CN)C1.Cl.Cl. The largest absolute Gasteiger partial charge is 0.369 e. The molecule has 0 radical (unpaired) electrons. The Kier molecular flexibility index (Phi) is 9.14. The van der Waals surface area contributed by atoms with Gasteiger partial charge in [0, 0.05) is 30.7 Å². The molecule has 0 aromatic heterocycles. The quantitative estimate of drug-likeness (QED) is 0.806. The van der Waals surface area contributed by atoms with Gasteiger partial charge >= 0.3 is 0 Å². The first kappa shape index (κ1) is 23.0. The fraction of sp³-hybridized carbons (Fsp3) is 0.632. The van der Waals surface area contributed by atoms with Gasteiger partial charge in [0.15, 0.2) is 0 Å². The van der Waals surface area contributed by atoms with Crippen molar-refractivity contribution in [3.05, 3.63) is 29.6 Å². The number of nitrogens with two attached hydrogens (primary N) is 1. The van der Waals surface area contributed by atoms with E-state index in [0.717, 1.165) is 56.4 Å². The normalized spacial score (nSPS) is 25.2. The summed E-state index contributed by atoms with van der Waals surface area (Å²) in [7, 11) is 0. The summed E-state index contributed by atoms with van der Waals surface area (Å²) in [5.41, 5.74) is 7.81. The Morgan fingerprint density at radius 3 is 2.73 bits per heavy atom. The Hall–Kier alpha value is -1.04. The lowest BCUT2D eigenvalue weighted by Crippen LogP contribution is -2.50. The van der Waals surface area contributed by atoms with Gasteiger partial charge in [-0.05, 0) is 68.8 Å². The minimum Gasteiger partial charge on any atom is -0.369 e. The highest BCUT2D eigenvalue weighted by Gasteiger charge is 2.33. The molecule has 3 atom stereocenters. The van der Waals surface area contributed by atoms with Crippen molar-refractivity contribution in [1.29, 1.82) is 0 Å². The van der Waals surface area contributed by atoms with E-state index in [1.54, 1.807) is 6.07 Å². The minimum atomic E-state index is -0.202. The number of piperidine rings is 1. The number of rotatable bonds is 4. The standard InChI is InChI=1S/C19H28FN3O.2ClH/c1-13-10-15(20)7-8-18(13)23-9-3-5-16(12-23)22-19(24)17-6-2-4-14(17)11-21;;/h7-8,10,14,16-17H,2-6,9,11-12,21H2,1H3,(H,22,24);2*1H/t14-,16?,17-;;/m1../s1. The van der Waals surface area contributed by atoms with Crippen LogP contribution in [0.1, 0.15) is 37.7 Å². The fourth-order valence-electron chi connectivity index (χ4n) is 4.26. The van der Waals surface area contributed by atoms with Crippen LogP contribution in [-0.4, -0.2) is 31.6 Å². The van der Waals surface area contributed by atoms with E-state index in [4.69, 9.17) is 5.73 Å². The van der Waals surface area contributed by atoms with E-state index >= 15 is 0 Å². The number of hydrogen-bond acceptors (Lipinski definition) is 3. The number of anilines is 1. The van der Waals surface area contributed by atoms with Crippen LogP contribution in [0.3, 0.4) is 0 Å². The molecule has 3 N–H and O–H groups in total. The third-order valence-electron chi connectivity index (χ3n) is 5.57. The van der Waals surface area contributed by atoms with Crippen LogP contribution >= 0.6 is 24.8 Å². The summed E-state index contributed by atoms with van der Waals surface area (Å²) in [6, 6.07) is 5.09. The van der Waals surface area contributed by atoms with Gasteiger partial charge in [0.1, 0.15) is 5.82 Å². The molecule has 2 aliphatic rings. The van der Waals surface area contributed by atoms with Gasteiger partial charge in [0.05, 0.1) is 0 Å². The molecule has 148 valence electrons. The van der Waals surface area contributed by atoms with Crippen LogP contribution in [0.5, 0.6) is 0 Å². The molecular formula is C19H30Cl2FN3O. The van der Waals surface area contributed by atoms with Crippen molar-refractivity contribution in [2.45, 2.75) is 45.1 Å². The highest BCUT2D eigenvalue weighted by atomic mass is 35.5. The second-order valence-electron chi connectivity index (χ2n) is 7.26. The number of hydrogen-bond donors (Lipinski definition) is 2. The Bertz CT molecular complexity index is 602. The smallest absolute Gasteiger partial charge is 0.223 e. The third kappa shape index (κ3) is 5.24. The molecule has 7 heteroatoms. The van der Waals surface area contributed by atoms with Crippen molar-refractivity contribution in [3.8, 4) is 0 Å². The predicted molar refractivity (Wildman–Crippen MR) is 109 cm³/mol. The van der Waals surface area contributed by atoms with Crippen LogP contribution in [0.2, 0.25) is 0 Å². The van der Waals surface area contributed by atoms with Gasteiger partial charge in [-0.2, -0.15) is 0 Å². The molecule has 0 bridgehead atoms. The Morgan fingerprint density at radius 1 is 1.27 bits per heavy atom. The molecular weight excluding hydrogens is 376 g/mol. The topological polar surface area (TPSA) is 58.4 Å². The van der Waals surface area contributed by atoms with Crippen LogP contribution in [-0.2, 0) is 4.79 Å². The fourth-order valence-corrected chi connectivity index (χ4v) is 4.26. The number of benzene rings is 1. The monoisotopic (exact) mass is 405 g/mol. The first-order valence-electron chi connectivity index (χ1n) is 9.10. The molecule has 3 rings (SSSR count). The molecule has 0 spiro atoms. The maximum absolute atomic E-state index is 13.3. The van der Waals surface area contributed by atoms with Gasteiger partial charge < -0.3 is 16.0 Å². The zero-order chi connectivity index (χ0) is 17.1. The summed E-state index contributed by atoms with van der Waals surface area (Å²) in [4.78, 5) is 14.9.